The second kappa shape index (κ2) is 8.47. The molecule has 7 nitrogen and oxygen atoms in total. The van der Waals surface area contributed by atoms with Crippen molar-refractivity contribution in [1.29, 1.82) is 0 Å². The maximum absolute atomic E-state index is 13.2. The van der Waals surface area contributed by atoms with E-state index in [9.17, 15) is 19.5 Å². The van der Waals surface area contributed by atoms with Crippen molar-refractivity contribution in [3.05, 3.63) is 33.2 Å². The lowest BCUT2D eigenvalue weighted by atomic mass is 9.95. The molecule has 7 heteroatoms. The predicted molar refractivity (Wildman–Crippen MR) is 105 cm³/mol. The highest BCUT2D eigenvalue weighted by molar-refractivity contribution is 5.97. The summed E-state index contributed by atoms with van der Waals surface area (Å²) in [5, 5.41) is 11.8. The van der Waals surface area contributed by atoms with Gasteiger partial charge in [0.25, 0.3) is 11.5 Å². The molecule has 0 aromatic carbocycles. The minimum absolute atomic E-state index is 0.0130. The standard InChI is InChI=1S/C21H30N2O5/c1-21(2,20(26)27)22-18(24)16-12-14-8-5-3-4-6-10-17(14)23(19(16)25)13-15-9-7-11-28-15/h12,15H,3-11,13H2,1-2H3,(H,22,24)(H,26,27). The van der Waals surface area contributed by atoms with Gasteiger partial charge in [-0.2, -0.15) is 0 Å². The highest BCUT2D eigenvalue weighted by Gasteiger charge is 2.31. The first-order valence-corrected chi connectivity index (χ1v) is 10.2. The number of nitrogens with one attached hydrogen (secondary N) is 1. The van der Waals surface area contributed by atoms with Crippen molar-refractivity contribution in [2.75, 3.05) is 6.61 Å². The van der Waals surface area contributed by atoms with E-state index in [0.29, 0.717) is 13.2 Å². The number of carboxylic acids is 1. The molecule has 2 N–H and O–H groups in total. The van der Waals surface area contributed by atoms with Crippen molar-refractivity contribution in [1.82, 2.24) is 9.88 Å². The highest BCUT2D eigenvalue weighted by Crippen LogP contribution is 2.22. The van der Waals surface area contributed by atoms with E-state index in [1.165, 1.54) is 13.8 Å². The first kappa shape index (κ1) is 20.6. The quantitative estimate of drug-likeness (QED) is 0.804. The van der Waals surface area contributed by atoms with Crippen molar-refractivity contribution >= 4 is 11.9 Å². The number of carbonyl (C=O) groups excluding carboxylic acids is 1. The molecular formula is C21H30N2O5. The lowest BCUT2D eigenvalue weighted by molar-refractivity contribution is -0.143. The van der Waals surface area contributed by atoms with Gasteiger partial charge in [-0.25, -0.2) is 4.79 Å². The predicted octanol–water partition coefficient (Wildman–Crippen LogP) is 2.28. The molecule has 1 saturated heterocycles. The molecule has 1 unspecified atom stereocenters. The number of pyridine rings is 1. The van der Waals surface area contributed by atoms with Crippen LogP contribution in [0.5, 0.6) is 0 Å². The highest BCUT2D eigenvalue weighted by atomic mass is 16.5. The first-order chi connectivity index (χ1) is 13.3. The zero-order valence-corrected chi connectivity index (χ0v) is 16.8. The molecule has 1 amide bonds. The van der Waals surface area contributed by atoms with Gasteiger partial charge in [0, 0.05) is 12.3 Å². The summed E-state index contributed by atoms with van der Waals surface area (Å²) in [7, 11) is 0. The van der Waals surface area contributed by atoms with E-state index in [0.717, 1.165) is 62.6 Å². The molecule has 2 heterocycles. The molecule has 154 valence electrons. The van der Waals surface area contributed by atoms with Gasteiger partial charge in [0.15, 0.2) is 0 Å². The topological polar surface area (TPSA) is 97.6 Å². The maximum atomic E-state index is 13.2. The second-order valence-electron chi connectivity index (χ2n) is 8.38. The summed E-state index contributed by atoms with van der Waals surface area (Å²) >= 11 is 0. The summed E-state index contributed by atoms with van der Waals surface area (Å²) in [5.74, 6) is -1.78. The molecule has 1 aliphatic heterocycles. The van der Waals surface area contributed by atoms with Crippen LogP contribution in [0.4, 0.5) is 0 Å². The molecule has 1 aromatic rings. The number of hydrogen-bond donors (Lipinski definition) is 2. The van der Waals surface area contributed by atoms with Gasteiger partial charge in [-0.3, -0.25) is 9.59 Å². The Kier molecular flexibility index (Phi) is 6.23. The molecule has 1 aromatic heterocycles. The van der Waals surface area contributed by atoms with Gasteiger partial charge in [-0.15, -0.1) is 0 Å². The van der Waals surface area contributed by atoms with Gasteiger partial charge >= 0.3 is 5.97 Å². The lowest BCUT2D eigenvalue weighted by Crippen LogP contribution is -2.51. The number of fused-ring (bicyclic) bond motifs is 1. The van der Waals surface area contributed by atoms with Crippen molar-refractivity contribution in [2.45, 2.75) is 83.4 Å². The number of rotatable bonds is 5. The number of nitrogens with zero attached hydrogens (tertiary/aromatic N) is 1. The van der Waals surface area contributed by atoms with E-state index in [4.69, 9.17) is 4.74 Å². The molecule has 1 fully saturated rings. The van der Waals surface area contributed by atoms with Crippen LogP contribution in [0.2, 0.25) is 0 Å². The van der Waals surface area contributed by atoms with Crippen LogP contribution in [0.15, 0.2) is 10.9 Å². The van der Waals surface area contributed by atoms with Crippen LogP contribution in [0.3, 0.4) is 0 Å². The number of aliphatic carboxylic acids is 1. The summed E-state index contributed by atoms with van der Waals surface area (Å²) < 4.78 is 7.45. The van der Waals surface area contributed by atoms with Crippen LogP contribution in [0, 0.1) is 0 Å². The first-order valence-electron chi connectivity index (χ1n) is 10.2. The normalized spacial score (nSPS) is 20.1. The lowest BCUT2D eigenvalue weighted by Gasteiger charge is -2.24. The number of amides is 1. The third kappa shape index (κ3) is 4.46. The zero-order valence-electron chi connectivity index (χ0n) is 16.8. The fraction of sp³-hybridized carbons (Fsp3) is 0.667. The molecule has 1 atom stereocenters. The van der Waals surface area contributed by atoms with Crippen molar-refractivity contribution in [3.8, 4) is 0 Å². The summed E-state index contributed by atoms with van der Waals surface area (Å²) in [6, 6.07) is 1.68. The summed E-state index contributed by atoms with van der Waals surface area (Å²) in [6.45, 7) is 3.97. The molecule has 0 radical (unpaired) electrons. The molecule has 1 aliphatic carbocycles. The second-order valence-corrected chi connectivity index (χ2v) is 8.38. The minimum atomic E-state index is -1.45. The van der Waals surface area contributed by atoms with E-state index >= 15 is 0 Å². The van der Waals surface area contributed by atoms with E-state index in [1.807, 2.05) is 0 Å². The van der Waals surface area contributed by atoms with Crippen molar-refractivity contribution in [2.24, 2.45) is 0 Å². The molecular weight excluding hydrogens is 360 g/mol. The molecule has 0 saturated carbocycles. The van der Waals surface area contributed by atoms with Crippen LogP contribution in [-0.2, 0) is 28.9 Å². The van der Waals surface area contributed by atoms with Gasteiger partial charge in [0.2, 0.25) is 0 Å². The Morgan fingerprint density at radius 3 is 2.57 bits per heavy atom. The van der Waals surface area contributed by atoms with Gasteiger partial charge < -0.3 is 19.7 Å². The van der Waals surface area contributed by atoms with E-state index < -0.39 is 17.4 Å². The molecule has 28 heavy (non-hydrogen) atoms. The summed E-state index contributed by atoms with van der Waals surface area (Å²) in [5.41, 5.74) is 0.248. The van der Waals surface area contributed by atoms with Crippen molar-refractivity contribution in [3.63, 3.8) is 0 Å². The number of aromatic nitrogens is 1. The molecule has 3 rings (SSSR count). The fourth-order valence-corrected chi connectivity index (χ4v) is 3.99. The Morgan fingerprint density at radius 2 is 1.93 bits per heavy atom. The molecule has 2 aliphatic rings. The van der Waals surface area contributed by atoms with Crippen LogP contribution in [0.1, 0.15) is 74.0 Å². The average molecular weight is 390 g/mol. The number of aryl methyl sites for hydroxylation is 1. The third-order valence-electron chi connectivity index (χ3n) is 5.72. The summed E-state index contributed by atoms with van der Waals surface area (Å²) in [6.07, 6.45) is 7.84. The Morgan fingerprint density at radius 1 is 1.21 bits per heavy atom. The van der Waals surface area contributed by atoms with Gasteiger partial charge in [-0.1, -0.05) is 12.8 Å². The molecule has 0 spiro atoms. The number of carboxylic acid groups (broad SMARTS) is 1. The number of hydrogen-bond acceptors (Lipinski definition) is 4. The third-order valence-corrected chi connectivity index (χ3v) is 5.72. The fourth-order valence-electron chi connectivity index (χ4n) is 3.99. The Balaban J connectivity index is 2.02. The monoisotopic (exact) mass is 390 g/mol. The van der Waals surface area contributed by atoms with E-state index in [-0.39, 0.29) is 17.2 Å². The SMILES string of the molecule is CC(C)(NC(=O)c1cc2c(n(CC3CCCO3)c1=O)CCCCCC2)C(=O)O. The van der Waals surface area contributed by atoms with Gasteiger partial charge in [0.05, 0.1) is 12.6 Å². The van der Waals surface area contributed by atoms with Crippen LogP contribution >= 0.6 is 0 Å². The van der Waals surface area contributed by atoms with Crippen LogP contribution in [-0.4, -0.2) is 39.8 Å². The smallest absolute Gasteiger partial charge is 0.328 e. The zero-order chi connectivity index (χ0) is 20.3. The molecule has 0 bridgehead atoms. The Hall–Kier alpha value is -2.15. The van der Waals surface area contributed by atoms with Gasteiger partial charge in [0.1, 0.15) is 11.1 Å². The number of ether oxygens (including phenoxy) is 1. The van der Waals surface area contributed by atoms with E-state index in [1.54, 1.807) is 10.6 Å². The largest absolute Gasteiger partial charge is 0.480 e. The van der Waals surface area contributed by atoms with E-state index in [2.05, 4.69) is 5.32 Å². The summed E-state index contributed by atoms with van der Waals surface area (Å²) in [4.78, 5) is 37.4. The maximum Gasteiger partial charge on any atom is 0.328 e. The average Bonchev–Trinajstić information content (AvgIpc) is 3.11. The number of carbonyl (C=O) groups is 2. The van der Waals surface area contributed by atoms with Crippen LogP contribution < -0.4 is 10.9 Å². The van der Waals surface area contributed by atoms with Crippen molar-refractivity contribution < 1.29 is 19.4 Å². The Labute approximate surface area is 165 Å². The van der Waals surface area contributed by atoms with Crippen LogP contribution in [0.25, 0.3) is 0 Å². The van der Waals surface area contributed by atoms with Gasteiger partial charge in [-0.05, 0) is 64.0 Å². The Bertz CT molecular complexity index is 806. The minimum Gasteiger partial charge on any atom is -0.480 e.